The standard InChI is InChI=1S/C14H13N3O4S/c1-8-11(13(18)15-14-17-16-9(2)21-14)6-5-10-4-3-7-22(19,20)12(8)10/h3-6H,7H2,1-2H3,(H,15,17,18). The van der Waals surface area contributed by atoms with E-state index in [1.807, 2.05) is 0 Å². The van der Waals surface area contributed by atoms with Crippen LogP contribution in [0.25, 0.3) is 6.08 Å². The third kappa shape index (κ3) is 2.41. The van der Waals surface area contributed by atoms with Crippen LogP contribution < -0.4 is 5.32 Å². The summed E-state index contributed by atoms with van der Waals surface area (Å²) in [5, 5.41) is 9.75. The Balaban J connectivity index is 2.02. The van der Waals surface area contributed by atoms with Gasteiger partial charge in [0.25, 0.3) is 5.91 Å². The fourth-order valence-electron chi connectivity index (χ4n) is 2.40. The molecule has 0 bridgehead atoms. The van der Waals surface area contributed by atoms with E-state index in [-0.39, 0.29) is 22.2 Å². The first kappa shape index (κ1) is 14.5. The van der Waals surface area contributed by atoms with E-state index in [2.05, 4.69) is 15.5 Å². The number of carbonyl (C=O) groups excluding carboxylic acids is 1. The van der Waals surface area contributed by atoms with Crippen LogP contribution in [0.2, 0.25) is 0 Å². The van der Waals surface area contributed by atoms with Gasteiger partial charge in [0, 0.05) is 12.5 Å². The second-order valence-electron chi connectivity index (χ2n) is 4.92. The number of hydrogen-bond donors (Lipinski definition) is 1. The lowest BCUT2D eigenvalue weighted by Gasteiger charge is -2.16. The van der Waals surface area contributed by atoms with Crippen LogP contribution in [0.4, 0.5) is 6.01 Å². The fourth-order valence-corrected chi connectivity index (χ4v) is 3.99. The molecule has 1 aromatic carbocycles. The molecule has 1 aliphatic heterocycles. The van der Waals surface area contributed by atoms with E-state index < -0.39 is 15.7 Å². The minimum Gasteiger partial charge on any atom is -0.408 e. The molecular formula is C14H13N3O4S. The van der Waals surface area contributed by atoms with Crippen molar-refractivity contribution in [3.05, 3.63) is 40.8 Å². The molecule has 0 radical (unpaired) electrons. The molecule has 0 atom stereocenters. The molecule has 1 N–H and O–H groups in total. The normalized spacial score (nSPS) is 15.4. The van der Waals surface area contributed by atoms with E-state index in [1.165, 1.54) is 0 Å². The van der Waals surface area contributed by atoms with Crippen LogP contribution in [-0.2, 0) is 9.84 Å². The number of anilines is 1. The first-order valence-corrected chi connectivity index (χ1v) is 8.18. The zero-order valence-corrected chi connectivity index (χ0v) is 12.8. The number of hydrogen-bond acceptors (Lipinski definition) is 6. The van der Waals surface area contributed by atoms with E-state index in [1.54, 1.807) is 38.1 Å². The van der Waals surface area contributed by atoms with Gasteiger partial charge in [0.2, 0.25) is 5.89 Å². The molecule has 0 saturated carbocycles. The van der Waals surface area contributed by atoms with Gasteiger partial charge in [-0.2, -0.15) is 0 Å². The topological polar surface area (TPSA) is 102 Å². The predicted molar refractivity (Wildman–Crippen MR) is 79.3 cm³/mol. The van der Waals surface area contributed by atoms with Crippen molar-refractivity contribution in [1.82, 2.24) is 10.2 Å². The van der Waals surface area contributed by atoms with Crippen LogP contribution in [0.5, 0.6) is 0 Å². The Hall–Kier alpha value is -2.48. The third-order valence-electron chi connectivity index (χ3n) is 3.35. The quantitative estimate of drug-likeness (QED) is 0.904. The Kier molecular flexibility index (Phi) is 3.32. The molecule has 2 heterocycles. The van der Waals surface area contributed by atoms with Gasteiger partial charge < -0.3 is 4.42 Å². The first-order valence-electron chi connectivity index (χ1n) is 6.53. The minimum atomic E-state index is -3.42. The smallest absolute Gasteiger partial charge is 0.322 e. The molecule has 0 spiro atoms. The van der Waals surface area contributed by atoms with Crippen molar-refractivity contribution in [2.75, 3.05) is 11.1 Å². The molecular weight excluding hydrogens is 306 g/mol. The maximum absolute atomic E-state index is 12.3. The van der Waals surface area contributed by atoms with Gasteiger partial charge in [-0.05, 0) is 24.1 Å². The number of sulfone groups is 1. The molecule has 1 aromatic heterocycles. The van der Waals surface area contributed by atoms with Crippen molar-refractivity contribution >= 4 is 27.8 Å². The second-order valence-corrected chi connectivity index (χ2v) is 6.89. The molecule has 22 heavy (non-hydrogen) atoms. The molecule has 8 heteroatoms. The second kappa shape index (κ2) is 5.06. The van der Waals surface area contributed by atoms with Crippen LogP contribution in [0, 0.1) is 13.8 Å². The summed E-state index contributed by atoms with van der Waals surface area (Å²) in [7, 11) is -3.42. The maximum atomic E-state index is 12.3. The highest BCUT2D eigenvalue weighted by molar-refractivity contribution is 7.91. The van der Waals surface area contributed by atoms with Crippen molar-refractivity contribution in [1.29, 1.82) is 0 Å². The van der Waals surface area contributed by atoms with Gasteiger partial charge in [0.05, 0.1) is 10.6 Å². The molecule has 0 fully saturated rings. The molecule has 0 unspecified atom stereocenters. The SMILES string of the molecule is Cc1nnc(NC(=O)c2ccc3c(c2C)S(=O)(=O)CC=C3)o1. The zero-order chi connectivity index (χ0) is 15.9. The number of nitrogens with zero attached hydrogens (tertiary/aromatic N) is 2. The monoisotopic (exact) mass is 319 g/mol. The molecule has 3 rings (SSSR count). The number of nitrogens with one attached hydrogen (secondary N) is 1. The average molecular weight is 319 g/mol. The molecule has 0 saturated heterocycles. The summed E-state index contributed by atoms with van der Waals surface area (Å²) in [4.78, 5) is 12.5. The van der Waals surface area contributed by atoms with Crippen LogP contribution in [-0.4, -0.2) is 30.3 Å². The van der Waals surface area contributed by atoms with Crippen molar-refractivity contribution < 1.29 is 17.6 Å². The van der Waals surface area contributed by atoms with Crippen LogP contribution >= 0.6 is 0 Å². The summed E-state index contributed by atoms with van der Waals surface area (Å²) < 4.78 is 29.5. The summed E-state index contributed by atoms with van der Waals surface area (Å²) in [5.41, 5.74) is 1.26. The Bertz CT molecular complexity index is 897. The lowest BCUT2D eigenvalue weighted by Crippen LogP contribution is -2.18. The first-order chi connectivity index (χ1) is 10.4. The predicted octanol–water partition coefficient (Wildman–Crippen LogP) is 1.74. The number of fused-ring (bicyclic) bond motifs is 1. The molecule has 2 aromatic rings. The van der Waals surface area contributed by atoms with E-state index in [9.17, 15) is 13.2 Å². The van der Waals surface area contributed by atoms with Gasteiger partial charge in [0.15, 0.2) is 9.84 Å². The highest BCUT2D eigenvalue weighted by atomic mass is 32.2. The molecule has 1 aliphatic rings. The van der Waals surface area contributed by atoms with Gasteiger partial charge in [-0.1, -0.05) is 23.3 Å². The highest BCUT2D eigenvalue weighted by Gasteiger charge is 2.26. The summed E-state index contributed by atoms with van der Waals surface area (Å²) in [5.74, 6) is -0.228. The van der Waals surface area contributed by atoms with Crippen LogP contribution in [0.15, 0.2) is 27.5 Å². The lowest BCUT2D eigenvalue weighted by atomic mass is 10.0. The summed E-state index contributed by atoms with van der Waals surface area (Å²) >= 11 is 0. The number of rotatable bonds is 2. The summed E-state index contributed by atoms with van der Waals surface area (Å²) in [6.45, 7) is 3.22. The number of carbonyl (C=O) groups is 1. The van der Waals surface area contributed by atoms with Crippen molar-refractivity contribution in [2.24, 2.45) is 0 Å². The van der Waals surface area contributed by atoms with Crippen LogP contribution in [0.3, 0.4) is 0 Å². The molecule has 114 valence electrons. The molecule has 0 aliphatic carbocycles. The number of aryl methyl sites for hydroxylation is 1. The average Bonchev–Trinajstić information content (AvgIpc) is 2.83. The Morgan fingerprint density at radius 3 is 2.73 bits per heavy atom. The van der Waals surface area contributed by atoms with Crippen molar-refractivity contribution in [3.8, 4) is 0 Å². The third-order valence-corrected chi connectivity index (χ3v) is 5.15. The Labute approximate surface area is 127 Å². The largest absolute Gasteiger partial charge is 0.408 e. The van der Waals surface area contributed by atoms with Gasteiger partial charge in [-0.3, -0.25) is 10.1 Å². The highest BCUT2D eigenvalue weighted by Crippen LogP contribution is 2.29. The maximum Gasteiger partial charge on any atom is 0.322 e. The number of aromatic nitrogens is 2. The van der Waals surface area contributed by atoms with Gasteiger partial charge in [-0.15, -0.1) is 5.10 Å². The van der Waals surface area contributed by atoms with Crippen molar-refractivity contribution in [2.45, 2.75) is 18.7 Å². The van der Waals surface area contributed by atoms with E-state index in [0.717, 1.165) is 0 Å². The van der Waals surface area contributed by atoms with Gasteiger partial charge in [-0.25, -0.2) is 8.42 Å². The number of amides is 1. The Morgan fingerprint density at radius 1 is 1.27 bits per heavy atom. The molecule has 7 nitrogen and oxygen atoms in total. The van der Waals surface area contributed by atoms with Crippen LogP contribution in [0.1, 0.15) is 27.4 Å². The number of benzene rings is 1. The summed E-state index contributed by atoms with van der Waals surface area (Å²) in [6.07, 6.45) is 3.34. The Morgan fingerprint density at radius 2 is 2.05 bits per heavy atom. The zero-order valence-electron chi connectivity index (χ0n) is 12.0. The van der Waals surface area contributed by atoms with E-state index >= 15 is 0 Å². The van der Waals surface area contributed by atoms with E-state index in [4.69, 9.17) is 4.42 Å². The van der Waals surface area contributed by atoms with Gasteiger partial charge >= 0.3 is 6.01 Å². The minimum absolute atomic E-state index is 0.0256. The van der Waals surface area contributed by atoms with Gasteiger partial charge in [0.1, 0.15) is 0 Å². The van der Waals surface area contributed by atoms with E-state index in [0.29, 0.717) is 17.0 Å². The fraction of sp³-hybridized carbons (Fsp3) is 0.214. The molecule has 1 amide bonds. The lowest BCUT2D eigenvalue weighted by molar-refractivity contribution is 0.102. The van der Waals surface area contributed by atoms with Crippen molar-refractivity contribution in [3.63, 3.8) is 0 Å². The summed E-state index contributed by atoms with van der Waals surface area (Å²) in [6, 6.07) is 3.17.